The summed E-state index contributed by atoms with van der Waals surface area (Å²) in [4.78, 5) is 23.4. The summed E-state index contributed by atoms with van der Waals surface area (Å²) in [5, 5.41) is 19.3. The lowest BCUT2D eigenvalue weighted by atomic mass is 10.00. The maximum absolute atomic E-state index is 11.8. The highest BCUT2D eigenvalue weighted by Gasteiger charge is 2.30. The number of aliphatic hydroxyl groups is 1. The third kappa shape index (κ3) is 2.26. The van der Waals surface area contributed by atoms with E-state index in [0.29, 0.717) is 18.7 Å². The quantitative estimate of drug-likeness (QED) is 0.617. The second-order valence-electron chi connectivity index (χ2n) is 4.06. The van der Waals surface area contributed by atoms with Crippen LogP contribution in [0.25, 0.3) is 0 Å². The first-order valence-corrected chi connectivity index (χ1v) is 5.26. The molecule has 1 amide bonds. The molecule has 6 nitrogen and oxygen atoms in total. The zero-order chi connectivity index (χ0) is 12.4. The van der Waals surface area contributed by atoms with Gasteiger partial charge in [-0.05, 0) is 12.1 Å². The Hall–Kier alpha value is -1.95. The minimum Gasteiger partial charge on any atom is -0.396 e. The summed E-state index contributed by atoms with van der Waals surface area (Å²) >= 11 is 0. The molecular formula is C11H12N2O4. The lowest BCUT2D eigenvalue weighted by Gasteiger charge is -2.38. The second kappa shape index (κ2) is 4.50. The van der Waals surface area contributed by atoms with Gasteiger partial charge >= 0.3 is 0 Å². The van der Waals surface area contributed by atoms with Gasteiger partial charge in [-0.3, -0.25) is 14.9 Å². The zero-order valence-electron chi connectivity index (χ0n) is 9.07. The predicted octanol–water partition coefficient (Wildman–Crippen LogP) is 0.659. The molecule has 6 heteroatoms. The highest BCUT2D eigenvalue weighted by atomic mass is 16.6. The van der Waals surface area contributed by atoms with Crippen molar-refractivity contribution in [1.29, 1.82) is 0 Å². The van der Waals surface area contributed by atoms with Crippen LogP contribution in [0.2, 0.25) is 0 Å². The maximum atomic E-state index is 11.8. The van der Waals surface area contributed by atoms with Crippen LogP contribution in [0.15, 0.2) is 24.3 Å². The summed E-state index contributed by atoms with van der Waals surface area (Å²) in [5.41, 5.74) is 0.408. The van der Waals surface area contributed by atoms with Crippen LogP contribution in [0, 0.1) is 16.0 Å². The van der Waals surface area contributed by atoms with Crippen LogP contribution in [0.3, 0.4) is 0 Å². The first-order valence-electron chi connectivity index (χ1n) is 5.26. The molecule has 1 saturated heterocycles. The minimum absolute atomic E-state index is 0.0293. The largest absolute Gasteiger partial charge is 0.396 e. The van der Waals surface area contributed by atoms with Gasteiger partial charge in [-0.1, -0.05) is 0 Å². The van der Waals surface area contributed by atoms with E-state index in [1.54, 1.807) is 4.90 Å². The lowest BCUT2D eigenvalue weighted by Crippen LogP contribution is -2.51. The van der Waals surface area contributed by atoms with Crippen molar-refractivity contribution in [3.05, 3.63) is 39.9 Å². The van der Waals surface area contributed by atoms with E-state index in [9.17, 15) is 14.9 Å². The number of rotatable bonds is 3. The summed E-state index contributed by atoms with van der Waals surface area (Å²) in [6.45, 7) is 1.18. The third-order valence-electron chi connectivity index (χ3n) is 2.83. The molecule has 0 aliphatic carbocycles. The Bertz CT molecular complexity index is 437. The number of carbonyl (C=O) groups is 1. The van der Waals surface area contributed by atoms with Gasteiger partial charge in [0.15, 0.2) is 0 Å². The van der Waals surface area contributed by atoms with E-state index in [1.165, 1.54) is 24.3 Å². The van der Waals surface area contributed by atoms with Crippen molar-refractivity contribution in [3.63, 3.8) is 0 Å². The molecule has 1 aromatic rings. The standard InChI is InChI=1S/C11H12N2O4/c14-7-8-5-12(6-8)11(15)9-1-3-10(4-2-9)13(16)17/h1-4,8,14H,5-7H2. The fraction of sp³-hybridized carbons (Fsp3) is 0.364. The van der Waals surface area contributed by atoms with Gasteiger partial charge < -0.3 is 10.0 Å². The lowest BCUT2D eigenvalue weighted by molar-refractivity contribution is -0.384. The van der Waals surface area contributed by atoms with E-state index in [-0.39, 0.29) is 24.1 Å². The summed E-state index contributed by atoms with van der Waals surface area (Å²) < 4.78 is 0. The van der Waals surface area contributed by atoms with Crippen LogP contribution in [0.1, 0.15) is 10.4 Å². The van der Waals surface area contributed by atoms with Gasteiger partial charge in [0, 0.05) is 43.3 Å². The third-order valence-corrected chi connectivity index (χ3v) is 2.83. The Kier molecular flexibility index (Phi) is 3.06. The smallest absolute Gasteiger partial charge is 0.269 e. The summed E-state index contributed by atoms with van der Waals surface area (Å²) in [7, 11) is 0. The van der Waals surface area contributed by atoms with Crippen molar-refractivity contribution >= 4 is 11.6 Å². The van der Waals surface area contributed by atoms with Gasteiger partial charge in [0.2, 0.25) is 0 Å². The summed E-state index contributed by atoms with van der Waals surface area (Å²) in [5.74, 6) is 0.0154. The molecule has 1 fully saturated rings. The Morgan fingerprint density at radius 2 is 2.00 bits per heavy atom. The molecule has 90 valence electrons. The molecule has 17 heavy (non-hydrogen) atoms. The molecule has 0 bridgehead atoms. The molecule has 0 aromatic heterocycles. The van der Waals surface area contributed by atoms with Crippen molar-refractivity contribution in [1.82, 2.24) is 4.90 Å². The average molecular weight is 236 g/mol. The molecular weight excluding hydrogens is 224 g/mol. The molecule has 0 atom stereocenters. The first kappa shape index (κ1) is 11.5. The van der Waals surface area contributed by atoms with Crippen LogP contribution in [0.5, 0.6) is 0 Å². The Morgan fingerprint density at radius 1 is 1.41 bits per heavy atom. The van der Waals surface area contributed by atoms with Crippen LogP contribution in [-0.2, 0) is 0 Å². The van der Waals surface area contributed by atoms with Crippen molar-refractivity contribution in [3.8, 4) is 0 Å². The fourth-order valence-electron chi connectivity index (χ4n) is 1.76. The molecule has 1 heterocycles. The molecule has 0 unspecified atom stereocenters. The molecule has 0 spiro atoms. The highest BCUT2D eigenvalue weighted by molar-refractivity contribution is 5.94. The number of hydrogen-bond donors (Lipinski definition) is 1. The number of nitro groups is 1. The van der Waals surface area contributed by atoms with Gasteiger partial charge in [0.05, 0.1) is 4.92 Å². The van der Waals surface area contributed by atoms with Crippen LogP contribution >= 0.6 is 0 Å². The van der Waals surface area contributed by atoms with E-state index >= 15 is 0 Å². The first-order chi connectivity index (χ1) is 8.11. The van der Waals surface area contributed by atoms with Crippen LogP contribution < -0.4 is 0 Å². The van der Waals surface area contributed by atoms with Crippen molar-refractivity contribution < 1.29 is 14.8 Å². The van der Waals surface area contributed by atoms with E-state index in [1.807, 2.05) is 0 Å². The van der Waals surface area contributed by atoms with E-state index in [2.05, 4.69) is 0 Å². The second-order valence-corrected chi connectivity index (χ2v) is 4.06. The van der Waals surface area contributed by atoms with E-state index < -0.39 is 4.92 Å². The number of aliphatic hydroxyl groups excluding tert-OH is 1. The SMILES string of the molecule is O=C(c1ccc([N+](=O)[O-])cc1)N1CC(CO)C1. The molecule has 1 N–H and O–H groups in total. The van der Waals surface area contributed by atoms with Crippen LogP contribution in [-0.4, -0.2) is 40.5 Å². The molecule has 1 aromatic carbocycles. The molecule has 0 radical (unpaired) electrons. The molecule has 1 aliphatic heterocycles. The number of likely N-dealkylation sites (tertiary alicyclic amines) is 1. The maximum Gasteiger partial charge on any atom is 0.269 e. The zero-order valence-corrected chi connectivity index (χ0v) is 9.07. The molecule has 0 saturated carbocycles. The van der Waals surface area contributed by atoms with Gasteiger partial charge in [-0.15, -0.1) is 0 Å². The number of benzene rings is 1. The monoisotopic (exact) mass is 236 g/mol. The highest BCUT2D eigenvalue weighted by Crippen LogP contribution is 2.19. The Labute approximate surface area is 97.6 Å². The number of non-ortho nitro benzene ring substituents is 1. The van der Waals surface area contributed by atoms with E-state index in [4.69, 9.17) is 5.11 Å². The van der Waals surface area contributed by atoms with Crippen molar-refractivity contribution in [2.75, 3.05) is 19.7 Å². The van der Waals surface area contributed by atoms with Gasteiger partial charge in [0.1, 0.15) is 0 Å². The molecule has 1 aliphatic rings. The van der Waals surface area contributed by atoms with Crippen molar-refractivity contribution in [2.45, 2.75) is 0 Å². The summed E-state index contributed by atoms with van der Waals surface area (Å²) in [6, 6.07) is 5.53. The fourth-order valence-corrected chi connectivity index (χ4v) is 1.76. The van der Waals surface area contributed by atoms with Gasteiger partial charge in [0.25, 0.3) is 11.6 Å². The Balaban J connectivity index is 2.03. The Morgan fingerprint density at radius 3 is 2.47 bits per heavy atom. The van der Waals surface area contributed by atoms with E-state index in [0.717, 1.165) is 0 Å². The predicted molar refractivity (Wildman–Crippen MR) is 59.6 cm³/mol. The topological polar surface area (TPSA) is 83.7 Å². The van der Waals surface area contributed by atoms with Crippen molar-refractivity contribution in [2.24, 2.45) is 5.92 Å². The van der Waals surface area contributed by atoms with Gasteiger partial charge in [-0.25, -0.2) is 0 Å². The number of hydrogen-bond acceptors (Lipinski definition) is 4. The number of amides is 1. The number of nitrogens with zero attached hydrogens (tertiary/aromatic N) is 2. The molecule has 2 rings (SSSR count). The average Bonchev–Trinajstić information content (AvgIpc) is 2.27. The number of nitro benzene ring substituents is 1. The minimum atomic E-state index is -0.500. The van der Waals surface area contributed by atoms with Crippen LogP contribution in [0.4, 0.5) is 5.69 Å². The number of carbonyl (C=O) groups excluding carboxylic acids is 1. The van der Waals surface area contributed by atoms with Gasteiger partial charge in [-0.2, -0.15) is 0 Å². The normalized spacial score (nSPS) is 15.5. The summed E-state index contributed by atoms with van der Waals surface area (Å²) in [6.07, 6.45) is 0.